The Labute approximate surface area is 136 Å². The topological polar surface area (TPSA) is 61.8 Å². The van der Waals surface area contributed by atoms with Crippen LogP contribution in [0, 0.1) is 5.92 Å². The van der Waals surface area contributed by atoms with Crippen LogP contribution in [-0.4, -0.2) is 29.0 Å². The van der Waals surface area contributed by atoms with Gasteiger partial charge in [0, 0.05) is 25.2 Å². The van der Waals surface area contributed by atoms with Crippen LogP contribution in [0.2, 0.25) is 0 Å². The summed E-state index contributed by atoms with van der Waals surface area (Å²) in [6.07, 6.45) is 5.79. The quantitative estimate of drug-likeness (QED) is 0.868. The zero-order valence-corrected chi connectivity index (χ0v) is 13.3. The van der Waals surface area contributed by atoms with Gasteiger partial charge in [-0.25, -0.2) is 5.43 Å². The van der Waals surface area contributed by atoms with Gasteiger partial charge in [0.05, 0.1) is 5.92 Å². The molecule has 0 radical (unpaired) electrons. The Morgan fingerprint density at radius 2 is 1.91 bits per heavy atom. The second kappa shape index (κ2) is 7.40. The Hall–Kier alpha value is -2.17. The third-order valence-corrected chi connectivity index (χ3v) is 4.56. The fourth-order valence-electron chi connectivity index (χ4n) is 3.20. The first-order chi connectivity index (χ1) is 11.2. The van der Waals surface area contributed by atoms with Crippen molar-refractivity contribution in [3.63, 3.8) is 0 Å². The fourth-order valence-corrected chi connectivity index (χ4v) is 3.20. The van der Waals surface area contributed by atoms with Gasteiger partial charge in [-0.1, -0.05) is 36.8 Å². The summed E-state index contributed by atoms with van der Waals surface area (Å²) in [6.45, 7) is 1.04. The summed E-state index contributed by atoms with van der Waals surface area (Å²) in [5, 5.41) is 4.25. The van der Waals surface area contributed by atoms with E-state index in [0.29, 0.717) is 13.1 Å². The lowest BCUT2D eigenvalue weighted by Gasteiger charge is -2.16. The van der Waals surface area contributed by atoms with Crippen molar-refractivity contribution in [2.24, 2.45) is 11.0 Å². The number of benzene rings is 1. The molecule has 1 atom stereocenters. The van der Waals surface area contributed by atoms with Gasteiger partial charge in [-0.05, 0) is 31.2 Å². The summed E-state index contributed by atoms with van der Waals surface area (Å²) in [4.78, 5) is 26.1. The van der Waals surface area contributed by atoms with Crippen molar-refractivity contribution >= 4 is 17.5 Å². The van der Waals surface area contributed by atoms with E-state index in [1.54, 1.807) is 4.90 Å². The molecule has 0 spiro atoms. The number of nitrogens with one attached hydrogen (secondary N) is 1. The van der Waals surface area contributed by atoms with Gasteiger partial charge >= 0.3 is 0 Å². The number of carbonyl (C=O) groups excluding carboxylic acids is 2. The molecule has 122 valence electrons. The lowest BCUT2D eigenvalue weighted by atomic mass is 9.99. The molecule has 1 aromatic rings. The number of hydrogen-bond donors (Lipinski definition) is 1. The smallest absolute Gasteiger partial charge is 0.245 e. The standard InChI is InChI=1S/C18H23N3O2/c22-17-11-15(13-21(17)12-14-7-3-1-4-8-14)18(23)20-19-16-9-5-2-6-10-16/h1,3-4,7-8,15H,2,5-6,9-13H2,(H,20,23). The van der Waals surface area contributed by atoms with Crippen molar-refractivity contribution in [2.75, 3.05) is 6.54 Å². The molecule has 3 rings (SSSR count). The Morgan fingerprint density at radius 3 is 2.65 bits per heavy atom. The summed E-state index contributed by atoms with van der Waals surface area (Å²) in [6, 6.07) is 9.86. The Bertz CT molecular complexity index is 590. The minimum absolute atomic E-state index is 0.0410. The first-order valence-electron chi connectivity index (χ1n) is 8.39. The molecule has 1 saturated heterocycles. The predicted molar refractivity (Wildman–Crippen MR) is 88.6 cm³/mol. The molecular weight excluding hydrogens is 290 g/mol. The second-order valence-electron chi connectivity index (χ2n) is 6.38. The summed E-state index contributed by atoms with van der Waals surface area (Å²) in [5.74, 6) is -0.384. The Kier molecular flexibility index (Phi) is 5.05. The van der Waals surface area contributed by atoms with Gasteiger partial charge < -0.3 is 4.90 Å². The van der Waals surface area contributed by atoms with E-state index in [4.69, 9.17) is 0 Å². The highest BCUT2D eigenvalue weighted by molar-refractivity contribution is 5.91. The summed E-state index contributed by atoms with van der Waals surface area (Å²) < 4.78 is 0. The minimum Gasteiger partial charge on any atom is -0.338 e. The van der Waals surface area contributed by atoms with Crippen LogP contribution >= 0.6 is 0 Å². The molecule has 1 N–H and O–H groups in total. The van der Waals surface area contributed by atoms with Crippen molar-refractivity contribution in [3.8, 4) is 0 Å². The van der Waals surface area contributed by atoms with Gasteiger partial charge in [-0.15, -0.1) is 0 Å². The largest absolute Gasteiger partial charge is 0.338 e. The number of likely N-dealkylation sites (tertiary alicyclic amines) is 1. The third kappa shape index (κ3) is 4.18. The normalized spacial score (nSPS) is 21.4. The molecule has 1 saturated carbocycles. The van der Waals surface area contributed by atoms with Crippen molar-refractivity contribution in [1.29, 1.82) is 0 Å². The van der Waals surface area contributed by atoms with Gasteiger partial charge in [0.15, 0.2) is 0 Å². The molecule has 2 fully saturated rings. The molecule has 2 aliphatic rings. The van der Waals surface area contributed by atoms with Gasteiger partial charge in [0.25, 0.3) is 0 Å². The second-order valence-corrected chi connectivity index (χ2v) is 6.38. The highest BCUT2D eigenvalue weighted by atomic mass is 16.2. The van der Waals surface area contributed by atoms with E-state index in [-0.39, 0.29) is 24.2 Å². The molecule has 1 aromatic carbocycles. The van der Waals surface area contributed by atoms with Crippen LogP contribution in [0.25, 0.3) is 0 Å². The first-order valence-corrected chi connectivity index (χ1v) is 8.39. The number of hydrazone groups is 1. The van der Waals surface area contributed by atoms with E-state index in [2.05, 4.69) is 10.5 Å². The van der Waals surface area contributed by atoms with Crippen molar-refractivity contribution in [2.45, 2.75) is 45.1 Å². The van der Waals surface area contributed by atoms with Gasteiger partial charge in [-0.3, -0.25) is 9.59 Å². The molecule has 0 aromatic heterocycles. The number of rotatable bonds is 4. The SMILES string of the molecule is O=C(NN=C1CCCCC1)C1CC(=O)N(Cc2ccccc2)C1. The van der Waals surface area contributed by atoms with Gasteiger partial charge in [0.2, 0.25) is 11.8 Å². The van der Waals surface area contributed by atoms with Crippen LogP contribution in [0.5, 0.6) is 0 Å². The van der Waals surface area contributed by atoms with Gasteiger partial charge in [0.1, 0.15) is 0 Å². The van der Waals surface area contributed by atoms with Crippen LogP contribution in [0.15, 0.2) is 35.4 Å². The lowest BCUT2D eigenvalue weighted by molar-refractivity contribution is -0.129. The van der Waals surface area contributed by atoms with Crippen LogP contribution in [-0.2, 0) is 16.1 Å². The van der Waals surface area contributed by atoms with Crippen molar-refractivity contribution in [3.05, 3.63) is 35.9 Å². The Balaban J connectivity index is 1.53. The monoisotopic (exact) mass is 313 g/mol. The molecule has 0 bridgehead atoms. The van der Waals surface area contributed by atoms with E-state index in [1.807, 2.05) is 30.3 Å². The van der Waals surface area contributed by atoms with E-state index >= 15 is 0 Å². The molecule has 23 heavy (non-hydrogen) atoms. The highest BCUT2D eigenvalue weighted by Gasteiger charge is 2.34. The van der Waals surface area contributed by atoms with E-state index < -0.39 is 0 Å². The van der Waals surface area contributed by atoms with Crippen LogP contribution in [0.1, 0.15) is 44.1 Å². The maximum Gasteiger partial charge on any atom is 0.245 e. The van der Waals surface area contributed by atoms with Crippen LogP contribution in [0.3, 0.4) is 0 Å². The molecule has 1 aliphatic heterocycles. The van der Waals surface area contributed by atoms with E-state index in [0.717, 1.165) is 37.0 Å². The molecular formula is C18H23N3O2. The third-order valence-electron chi connectivity index (χ3n) is 4.56. The van der Waals surface area contributed by atoms with E-state index in [9.17, 15) is 9.59 Å². The van der Waals surface area contributed by atoms with Crippen molar-refractivity contribution in [1.82, 2.24) is 10.3 Å². The number of amides is 2. The maximum atomic E-state index is 12.2. The van der Waals surface area contributed by atoms with Crippen molar-refractivity contribution < 1.29 is 9.59 Å². The first kappa shape index (κ1) is 15.7. The highest BCUT2D eigenvalue weighted by Crippen LogP contribution is 2.20. The molecule has 5 nitrogen and oxygen atoms in total. The zero-order valence-electron chi connectivity index (χ0n) is 13.3. The maximum absolute atomic E-state index is 12.2. The fraction of sp³-hybridized carbons (Fsp3) is 0.500. The molecule has 2 amide bonds. The zero-order chi connectivity index (χ0) is 16.1. The summed E-state index contributed by atoms with van der Waals surface area (Å²) in [7, 11) is 0. The molecule has 1 heterocycles. The molecule has 5 heteroatoms. The Morgan fingerprint density at radius 1 is 1.17 bits per heavy atom. The lowest BCUT2D eigenvalue weighted by Crippen LogP contribution is -2.31. The minimum atomic E-state index is -0.292. The van der Waals surface area contributed by atoms with Crippen LogP contribution in [0.4, 0.5) is 0 Å². The average Bonchev–Trinajstić information content (AvgIpc) is 2.95. The van der Waals surface area contributed by atoms with Crippen LogP contribution < -0.4 is 5.43 Å². The van der Waals surface area contributed by atoms with E-state index in [1.165, 1.54) is 6.42 Å². The number of carbonyl (C=O) groups is 2. The summed E-state index contributed by atoms with van der Waals surface area (Å²) >= 11 is 0. The average molecular weight is 313 g/mol. The van der Waals surface area contributed by atoms with Gasteiger partial charge in [-0.2, -0.15) is 5.10 Å². The molecule has 1 aliphatic carbocycles. The predicted octanol–water partition coefficient (Wildman–Crippen LogP) is 2.47. The molecule has 1 unspecified atom stereocenters. The number of hydrogen-bond acceptors (Lipinski definition) is 3. The number of nitrogens with zero attached hydrogens (tertiary/aromatic N) is 2. The summed E-state index contributed by atoms with van der Waals surface area (Å²) in [5.41, 5.74) is 4.84.